The van der Waals surface area contributed by atoms with E-state index >= 15 is 0 Å². The Kier molecular flexibility index (Phi) is 6.10. The zero-order chi connectivity index (χ0) is 20.9. The number of fused-ring (bicyclic) bond motifs is 2. The van der Waals surface area contributed by atoms with Crippen LogP contribution in [0.15, 0.2) is 59.5 Å². The van der Waals surface area contributed by atoms with Gasteiger partial charge in [-0.05, 0) is 30.3 Å². The quantitative estimate of drug-likeness (QED) is 0.262. The van der Waals surface area contributed by atoms with Gasteiger partial charge in [0.05, 0.1) is 27.4 Å². The molecule has 7 nitrogen and oxygen atoms in total. The van der Waals surface area contributed by atoms with E-state index < -0.39 is 32.3 Å². The second kappa shape index (κ2) is 8.14. The largest absolute Gasteiger partial charge is 1.00 e. The maximum absolute atomic E-state index is 13.1. The molecule has 4 rings (SSSR count). The van der Waals surface area contributed by atoms with Crippen molar-refractivity contribution in [3.63, 3.8) is 0 Å². The predicted molar refractivity (Wildman–Crippen MR) is 107 cm³/mol. The van der Waals surface area contributed by atoms with Crippen LogP contribution in [0.25, 0.3) is 0 Å². The van der Waals surface area contributed by atoms with E-state index in [1.165, 1.54) is 12.1 Å². The predicted octanol–water partition coefficient (Wildman–Crippen LogP) is 0.349. The zero-order valence-electron chi connectivity index (χ0n) is 15.6. The van der Waals surface area contributed by atoms with E-state index in [1.807, 2.05) is 0 Å². The Balaban J connectivity index is 0.00000256. The van der Waals surface area contributed by atoms with E-state index in [1.54, 1.807) is 36.4 Å². The molecule has 3 aromatic rings. The molecule has 0 saturated carbocycles. The van der Waals surface area contributed by atoms with Crippen molar-refractivity contribution in [1.29, 1.82) is 0 Å². The van der Waals surface area contributed by atoms with Crippen molar-refractivity contribution in [1.82, 2.24) is 0 Å². The van der Waals surface area contributed by atoms with Gasteiger partial charge in [0.15, 0.2) is 11.6 Å². The molecule has 1 aliphatic carbocycles. The molecule has 30 heavy (non-hydrogen) atoms. The van der Waals surface area contributed by atoms with Crippen molar-refractivity contribution in [2.45, 2.75) is 4.90 Å². The van der Waals surface area contributed by atoms with Gasteiger partial charge >= 0.3 is 29.6 Å². The fourth-order valence-electron chi connectivity index (χ4n) is 3.29. The number of ketones is 2. The number of hydrogen-bond acceptors (Lipinski definition) is 7. The van der Waals surface area contributed by atoms with Crippen LogP contribution >= 0.6 is 11.6 Å². The van der Waals surface area contributed by atoms with Gasteiger partial charge in [0, 0.05) is 21.8 Å². The van der Waals surface area contributed by atoms with Gasteiger partial charge < -0.3 is 15.6 Å². The minimum Gasteiger partial charge on any atom is -0.744 e. The van der Waals surface area contributed by atoms with E-state index in [0.29, 0.717) is 10.7 Å². The van der Waals surface area contributed by atoms with Crippen LogP contribution in [0, 0.1) is 0 Å². The molecule has 0 aliphatic heterocycles. The van der Waals surface area contributed by atoms with Crippen molar-refractivity contribution in [2.75, 3.05) is 11.1 Å². The Hall–Kier alpha value is -2.20. The van der Waals surface area contributed by atoms with Gasteiger partial charge in [-0.25, -0.2) is 8.42 Å². The maximum Gasteiger partial charge on any atom is 1.00 e. The van der Waals surface area contributed by atoms with Gasteiger partial charge in [-0.3, -0.25) is 9.59 Å². The van der Waals surface area contributed by atoms with E-state index in [4.69, 9.17) is 17.3 Å². The normalized spacial score (nSPS) is 12.6. The molecule has 0 heterocycles. The number of hydrogen-bond donors (Lipinski definition) is 2. The molecule has 0 fully saturated rings. The summed E-state index contributed by atoms with van der Waals surface area (Å²) in [5, 5.41) is 3.36. The number of halogens is 1. The van der Waals surface area contributed by atoms with Crippen LogP contribution in [0.5, 0.6) is 0 Å². The van der Waals surface area contributed by atoms with Gasteiger partial charge in [-0.15, -0.1) is 0 Å². The van der Waals surface area contributed by atoms with Crippen LogP contribution in [0.3, 0.4) is 0 Å². The number of nitrogens with one attached hydrogen (secondary N) is 1. The number of benzene rings is 3. The minimum atomic E-state index is -5.01. The van der Waals surface area contributed by atoms with Gasteiger partial charge in [-0.2, -0.15) is 0 Å². The summed E-state index contributed by atoms with van der Waals surface area (Å²) in [6, 6.07) is 13.5. The van der Waals surface area contributed by atoms with Gasteiger partial charge in [0.2, 0.25) is 0 Å². The minimum absolute atomic E-state index is 0. The molecule has 0 amide bonds. The number of nitrogen functional groups attached to an aromatic ring is 1. The fourth-order valence-corrected chi connectivity index (χ4v) is 4.05. The summed E-state index contributed by atoms with van der Waals surface area (Å²) in [5.41, 5.74) is 5.67. The van der Waals surface area contributed by atoms with Crippen LogP contribution in [-0.4, -0.2) is 24.5 Å². The first kappa shape index (κ1) is 22.5. The topological polar surface area (TPSA) is 129 Å². The second-order valence-electron chi connectivity index (χ2n) is 6.38. The average molecular weight is 451 g/mol. The van der Waals surface area contributed by atoms with Crippen molar-refractivity contribution < 1.29 is 52.1 Å². The van der Waals surface area contributed by atoms with Crippen molar-refractivity contribution >= 4 is 50.3 Å². The molecule has 0 unspecified atom stereocenters. The van der Waals surface area contributed by atoms with Gasteiger partial charge in [0.25, 0.3) is 0 Å². The van der Waals surface area contributed by atoms with Crippen LogP contribution < -0.4 is 40.6 Å². The number of nitrogens with two attached hydrogens (primary N) is 1. The first-order valence-electron chi connectivity index (χ1n) is 8.32. The standard InChI is InChI=1S/C20H13ClN2O5S.Na/c21-10-5-7-11(8-6-10)23-14-9-15(29(26,27)28)18(22)17-16(14)19(24)12-3-1-2-4-13(12)20(17)25;/h1-9,23H,22H2,(H,26,27,28);/q;+1/p-1. The molecular weight excluding hydrogens is 439 g/mol. The van der Waals surface area contributed by atoms with Crippen molar-refractivity contribution in [2.24, 2.45) is 0 Å². The smallest absolute Gasteiger partial charge is 0.744 e. The molecular formula is C20H12ClN2NaO5S. The monoisotopic (exact) mass is 450 g/mol. The fraction of sp³-hybridized carbons (Fsp3) is 0. The molecule has 0 saturated heterocycles. The summed E-state index contributed by atoms with van der Waals surface area (Å²) in [4.78, 5) is 25.4. The first-order chi connectivity index (χ1) is 13.7. The maximum atomic E-state index is 13.1. The molecule has 3 N–H and O–H groups in total. The first-order valence-corrected chi connectivity index (χ1v) is 10.1. The number of carbonyl (C=O) groups is 2. The van der Waals surface area contributed by atoms with Crippen LogP contribution in [0.2, 0.25) is 5.02 Å². The Bertz CT molecular complexity index is 1310. The molecule has 0 aromatic heterocycles. The third-order valence-corrected chi connectivity index (χ3v) is 5.72. The summed E-state index contributed by atoms with van der Waals surface area (Å²) in [6.07, 6.45) is 0. The Morgan fingerprint density at radius 1 is 0.900 bits per heavy atom. The number of rotatable bonds is 3. The summed E-state index contributed by atoms with van der Waals surface area (Å²) in [5.74, 6) is -1.13. The van der Waals surface area contributed by atoms with Gasteiger partial charge in [-0.1, -0.05) is 35.9 Å². The van der Waals surface area contributed by atoms with Crippen LogP contribution in [0.4, 0.5) is 17.1 Å². The van der Waals surface area contributed by atoms with Crippen LogP contribution in [0.1, 0.15) is 31.8 Å². The van der Waals surface area contributed by atoms with Crippen molar-refractivity contribution in [3.8, 4) is 0 Å². The van der Waals surface area contributed by atoms with Gasteiger partial charge in [0.1, 0.15) is 10.1 Å². The summed E-state index contributed by atoms with van der Waals surface area (Å²) in [7, 11) is -5.01. The molecule has 0 atom stereocenters. The Morgan fingerprint density at radius 3 is 1.97 bits per heavy atom. The third-order valence-electron chi connectivity index (χ3n) is 4.59. The van der Waals surface area contributed by atoms with Crippen molar-refractivity contribution in [3.05, 3.63) is 81.9 Å². The second-order valence-corrected chi connectivity index (χ2v) is 8.16. The Morgan fingerprint density at radius 2 is 1.43 bits per heavy atom. The Labute approximate surface area is 199 Å². The van der Waals surface area contributed by atoms with E-state index in [9.17, 15) is 22.6 Å². The molecule has 0 radical (unpaired) electrons. The van der Waals surface area contributed by atoms with Crippen LogP contribution in [-0.2, 0) is 10.1 Å². The third kappa shape index (κ3) is 3.78. The molecule has 146 valence electrons. The summed E-state index contributed by atoms with van der Waals surface area (Å²) < 4.78 is 35.2. The molecule has 0 bridgehead atoms. The number of anilines is 3. The zero-order valence-corrected chi connectivity index (χ0v) is 19.2. The molecule has 0 spiro atoms. The summed E-state index contributed by atoms with van der Waals surface area (Å²) >= 11 is 5.87. The average Bonchev–Trinajstić information content (AvgIpc) is 2.68. The number of carbonyl (C=O) groups excluding carboxylic acids is 2. The van der Waals surface area contributed by atoms with E-state index in [0.717, 1.165) is 6.07 Å². The molecule has 10 heteroatoms. The molecule has 3 aromatic carbocycles. The molecule has 1 aliphatic rings. The SMILES string of the molecule is Nc1c(S(=O)(=O)[O-])cc(Nc2ccc(Cl)cc2)c2c1C(=O)c1ccccc1C2=O.[Na+]. The van der Waals surface area contributed by atoms with E-state index in [2.05, 4.69) is 5.32 Å². The summed E-state index contributed by atoms with van der Waals surface area (Å²) in [6.45, 7) is 0. The van der Waals surface area contributed by atoms with E-state index in [-0.39, 0.29) is 57.5 Å².